The molecule has 0 spiro atoms. The van der Waals surface area contributed by atoms with Crippen molar-refractivity contribution in [2.45, 2.75) is 50.5 Å². The molecule has 2 aliphatic rings. The zero-order chi connectivity index (χ0) is 27.9. The van der Waals surface area contributed by atoms with Crippen molar-refractivity contribution < 1.29 is 14.3 Å². The summed E-state index contributed by atoms with van der Waals surface area (Å²) >= 11 is 6.02. The van der Waals surface area contributed by atoms with Gasteiger partial charge in [-0.15, -0.1) is 0 Å². The second kappa shape index (κ2) is 13.1. The number of carbonyl (C=O) groups excluding carboxylic acids is 2. The van der Waals surface area contributed by atoms with Crippen LogP contribution in [0.1, 0.15) is 59.6 Å². The van der Waals surface area contributed by atoms with E-state index in [-0.39, 0.29) is 12.1 Å². The highest BCUT2D eigenvalue weighted by atomic mass is 35.5. The number of carbonyl (C=O) groups is 2. The van der Waals surface area contributed by atoms with Crippen molar-refractivity contribution >= 4 is 35.2 Å². The molecule has 5 rings (SSSR count). The molecule has 3 aromatic rings. The van der Waals surface area contributed by atoms with E-state index in [9.17, 15) is 9.59 Å². The van der Waals surface area contributed by atoms with E-state index in [1.807, 2.05) is 18.2 Å². The number of methoxy groups -OCH3 is 1. The SMILES string of the molecule is COC(=O)[C@@H](Cc1ccc(Cl)cc1)NC(=O)c1cc(N2CCCCC2)nc(N2CCC(c3ccccc3)CC2)n1. The molecule has 1 atom stereocenters. The van der Waals surface area contributed by atoms with Crippen molar-refractivity contribution in [1.82, 2.24) is 15.3 Å². The van der Waals surface area contributed by atoms with Crippen LogP contribution in [0, 0.1) is 0 Å². The summed E-state index contributed by atoms with van der Waals surface area (Å²) < 4.78 is 5.00. The van der Waals surface area contributed by atoms with Gasteiger partial charge >= 0.3 is 5.97 Å². The Bertz CT molecular complexity index is 1290. The van der Waals surface area contributed by atoms with Crippen molar-refractivity contribution in [1.29, 1.82) is 0 Å². The molecule has 0 unspecified atom stereocenters. The molecule has 210 valence electrons. The number of hydrogen-bond donors (Lipinski definition) is 1. The summed E-state index contributed by atoms with van der Waals surface area (Å²) in [6, 6.07) is 18.7. The minimum absolute atomic E-state index is 0.251. The molecule has 0 saturated carbocycles. The highest BCUT2D eigenvalue weighted by Gasteiger charge is 2.27. The Morgan fingerprint density at radius 3 is 2.33 bits per heavy atom. The average molecular weight is 562 g/mol. The third-order valence-electron chi connectivity index (χ3n) is 7.81. The monoisotopic (exact) mass is 561 g/mol. The maximum atomic E-state index is 13.6. The summed E-state index contributed by atoms with van der Waals surface area (Å²) in [7, 11) is 1.32. The average Bonchev–Trinajstić information content (AvgIpc) is 3.02. The number of amides is 1. The lowest BCUT2D eigenvalue weighted by atomic mass is 9.90. The van der Waals surface area contributed by atoms with Gasteiger partial charge in [0.15, 0.2) is 0 Å². The van der Waals surface area contributed by atoms with Crippen LogP contribution in [0.25, 0.3) is 0 Å². The summed E-state index contributed by atoms with van der Waals surface area (Å²) in [5.74, 6) is 0.876. The van der Waals surface area contributed by atoms with Crippen LogP contribution in [0.4, 0.5) is 11.8 Å². The molecule has 0 bridgehead atoms. The number of piperidine rings is 2. The first kappa shape index (κ1) is 27.9. The number of rotatable bonds is 8. The maximum absolute atomic E-state index is 13.6. The molecule has 1 N–H and O–H groups in total. The third kappa shape index (κ3) is 6.91. The van der Waals surface area contributed by atoms with Crippen LogP contribution >= 0.6 is 11.6 Å². The van der Waals surface area contributed by atoms with Crippen LogP contribution in [0.2, 0.25) is 5.02 Å². The molecule has 0 aliphatic carbocycles. The first-order chi connectivity index (χ1) is 19.5. The van der Waals surface area contributed by atoms with Crippen molar-refractivity contribution in [3.8, 4) is 0 Å². The highest BCUT2D eigenvalue weighted by Crippen LogP contribution is 2.30. The number of nitrogens with one attached hydrogen (secondary N) is 1. The predicted molar refractivity (Wildman–Crippen MR) is 157 cm³/mol. The summed E-state index contributed by atoms with van der Waals surface area (Å²) in [6.45, 7) is 3.42. The fraction of sp³-hybridized carbons (Fsp3) is 0.419. The quantitative estimate of drug-likeness (QED) is 0.386. The van der Waals surface area contributed by atoms with Gasteiger partial charge < -0.3 is 19.9 Å². The van der Waals surface area contributed by atoms with Crippen molar-refractivity contribution in [3.05, 3.63) is 82.5 Å². The van der Waals surface area contributed by atoms with E-state index in [2.05, 4.69) is 39.4 Å². The van der Waals surface area contributed by atoms with Gasteiger partial charge in [-0.05, 0) is 61.3 Å². The molecule has 2 aliphatic heterocycles. The Labute approximate surface area is 240 Å². The Morgan fingerprint density at radius 2 is 1.65 bits per heavy atom. The second-order valence-corrected chi connectivity index (χ2v) is 10.9. The number of halogens is 1. The van der Waals surface area contributed by atoms with Crippen LogP contribution in [0.5, 0.6) is 0 Å². The third-order valence-corrected chi connectivity index (χ3v) is 8.06. The summed E-state index contributed by atoms with van der Waals surface area (Å²) in [5.41, 5.74) is 2.47. The van der Waals surface area contributed by atoms with Crippen molar-refractivity contribution in [2.24, 2.45) is 0 Å². The van der Waals surface area contributed by atoms with Gasteiger partial charge in [0.1, 0.15) is 17.6 Å². The number of ether oxygens (including phenoxy) is 1. The molecule has 1 amide bonds. The lowest BCUT2D eigenvalue weighted by Gasteiger charge is -2.34. The first-order valence-corrected chi connectivity index (χ1v) is 14.4. The number of benzene rings is 2. The molecular weight excluding hydrogens is 526 g/mol. The van der Waals surface area contributed by atoms with Crippen LogP contribution in [-0.4, -0.2) is 61.2 Å². The zero-order valence-corrected chi connectivity index (χ0v) is 23.6. The Morgan fingerprint density at radius 1 is 0.950 bits per heavy atom. The molecular formula is C31H36ClN5O3. The van der Waals surface area contributed by atoms with Gasteiger partial charge in [0.05, 0.1) is 7.11 Å². The first-order valence-electron chi connectivity index (χ1n) is 14.1. The number of hydrogen-bond acceptors (Lipinski definition) is 7. The zero-order valence-electron chi connectivity index (χ0n) is 22.9. The van der Waals surface area contributed by atoms with E-state index in [1.165, 1.54) is 19.1 Å². The van der Waals surface area contributed by atoms with Crippen LogP contribution in [0.15, 0.2) is 60.7 Å². The van der Waals surface area contributed by atoms with Gasteiger partial charge in [0.2, 0.25) is 5.95 Å². The second-order valence-electron chi connectivity index (χ2n) is 10.5. The maximum Gasteiger partial charge on any atom is 0.328 e. The summed E-state index contributed by atoms with van der Waals surface area (Å²) in [4.78, 5) is 40.2. The number of anilines is 2. The van der Waals surface area contributed by atoms with Crippen LogP contribution in [0.3, 0.4) is 0 Å². The molecule has 1 aromatic heterocycles. The fourth-order valence-corrected chi connectivity index (χ4v) is 5.65. The van der Waals surface area contributed by atoms with E-state index in [0.29, 0.717) is 16.9 Å². The van der Waals surface area contributed by atoms with E-state index in [4.69, 9.17) is 26.3 Å². The number of aromatic nitrogens is 2. The lowest BCUT2D eigenvalue weighted by Crippen LogP contribution is -2.43. The number of esters is 1. The minimum Gasteiger partial charge on any atom is -0.467 e. The van der Waals surface area contributed by atoms with E-state index in [1.54, 1.807) is 18.2 Å². The fourth-order valence-electron chi connectivity index (χ4n) is 5.53. The standard InChI is InChI=1S/C31H36ClN5O3/c1-40-30(39)27(20-22-10-12-25(32)13-11-22)33-29(38)26-21-28(36-16-6-3-7-17-36)35-31(34-26)37-18-14-24(15-19-37)23-8-4-2-5-9-23/h2,4-5,8-13,21,24,27H,3,6-7,14-20H2,1H3,(H,33,38)/t27-/m1/s1. The molecule has 2 fully saturated rings. The molecule has 8 nitrogen and oxygen atoms in total. The molecule has 2 aromatic carbocycles. The Hall–Kier alpha value is -3.65. The number of nitrogens with zero attached hydrogens (tertiary/aromatic N) is 4. The van der Waals surface area contributed by atoms with Crippen LogP contribution < -0.4 is 15.1 Å². The molecule has 40 heavy (non-hydrogen) atoms. The summed E-state index contributed by atoms with van der Waals surface area (Å²) in [5, 5.41) is 3.47. The Balaban J connectivity index is 1.37. The predicted octanol–water partition coefficient (Wildman–Crippen LogP) is 5.02. The van der Waals surface area contributed by atoms with Crippen molar-refractivity contribution in [2.75, 3.05) is 43.1 Å². The Kier molecular flexibility index (Phi) is 9.16. The van der Waals surface area contributed by atoms with Gasteiger partial charge in [0.25, 0.3) is 5.91 Å². The molecule has 9 heteroatoms. The van der Waals surface area contributed by atoms with Gasteiger partial charge in [-0.1, -0.05) is 54.1 Å². The van der Waals surface area contributed by atoms with Gasteiger partial charge in [-0.2, -0.15) is 4.98 Å². The summed E-state index contributed by atoms with van der Waals surface area (Å²) in [6.07, 6.45) is 5.65. The highest BCUT2D eigenvalue weighted by molar-refractivity contribution is 6.30. The van der Waals surface area contributed by atoms with E-state index in [0.717, 1.165) is 63.2 Å². The molecule has 3 heterocycles. The largest absolute Gasteiger partial charge is 0.467 e. The lowest BCUT2D eigenvalue weighted by molar-refractivity contribution is -0.142. The van der Waals surface area contributed by atoms with E-state index >= 15 is 0 Å². The van der Waals surface area contributed by atoms with E-state index < -0.39 is 17.9 Å². The minimum atomic E-state index is -0.864. The normalized spacial score (nSPS) is 16.9. The van der Waals surface area contributed by atoms with Crippen molar-refractivity contribution in [3.63, 3.8) is 0 Å². The van der Waals surface area contributed by atoms with Gasteiger partial charge in [-0.3, -0.25) is 4.79 Å². The van der Waals surface area contributed by atoms with Crippen LogP contribution in [-0.2, 0) is 16.0 Å². The van der Waals surface area contributed by atoms with Gasteiger partial charge in [0, 0.05) is 43.7 Å². The smallest absolute Gasteiger partial charge is 0.328 e. The van der Waals surface area contributed by atoms with Gasteiger partial charge in [-0.25, -0.2) is 9.78 Å². The topological polar surface area (TPSA) is 87.7 Å². The molecule has 2 saturated heterocycles. The molecule has 0 radical (unpaired) electrons.